The van der Waals surface area contributed by atoms with E-state index in [1.165, 1.54) is 0 Å². The molecule has 3 N–H and O–H groups in total. The van der Waals surface area contributed by atoms with Crippen LogP contribution in [0.25, 0.3) is 0 Å². The maximum atomic E-state index is 13.2. The van der Waals surface area contributed by atoms with Crippen molar-refractivity contribution in [1.29, 1.82) is 0 Å². The van der Waals surface area contributed by atoms with E-state index >= 15 is 0 Å². The molecule has 1 saturated heterocycles. The SMILES string of the molecule is Cc1ccc(CNC(=O)c2ccc(N3C[C@H]4C[C@@H](C3)c3cccc(=O)n3C4)c(NC(=O)Nc3ccc(Cl)cc3)c2)cc1. The molecule has 214 valence electrons. The number of fused-ring (bicyclic) bond motifs is 4. The molecule has 3 amide bonds. The van der Waals surface area contributed by atoms with Crippen molar-refractivity contribution in [3.05, 3.63) is 123 Å². The molecule has 0 saturated carbocycles. The van der Waals surface area contributed by atoms with Crippen LogP contribution in [0.1, 0.15) is 39.5 Å². The Labute approximate surface area is 249 Å². The molecule has 0 spiro atoms. The first-order valence-electron chi connectivity index (χ1n) is 14.1. The topological polar surface area (TPSA) is 95.5 Å². The van der Waals surface area contributed by atoms with Crippen LogP contribution in [0, 0.1) is 12.8 Å². The van der Waals surface area contributed by atoms with Gasteiger partial charge in [0.2, 0.25) is 0 Å². The van der Waals surface area contributed by atoms with Crippen LogP contribution in [0.2, 0.25) is 5.02 Å². The lowest BCUT2D eigenvalue weighted by Gasteiger charge is -2.44. The van der Waals surface area contributed by atoms with Crippen molar-refractivity contribution in [2.45, 2.75) is 32.4 Å². The van der Waals surface area contributed by atoms with E-state index in [9.17, 15) is 14.4 Å². The lowest BCUT2D eigenvalue weighted by Crippen LogP contribution is -2.47. The zero-order chi connectivity index (χ0) is 29.2. The summed E-state index contributed by atoms with van der Waals surface area (Å²) in [5.74, 6) is 0.260. The largest absolute Gasteiger partial charge is 0.369 e. The summed E-state index contributed by atoms with van der Waals surface area (Å²) in [6.45, 7) is 4.53. The number of nitrogens with one attached hydrogen (secondary N) is 3. The molecule has 6 rings (SSSR count). The number of pyridine rings is 1. The molecule has 0 unspecified atom stereocenters. The van der Waals surface area contributed by atoms with Crippen LogP contribution in [0.5, 0.6) is 0 Å². The van der Waals surface area contributed by atoms with Crippen molar-refractivity contribution in [3.63, 3.8) is 0 Å². The van der Waals surface area contributed by atoms with E-state index in [-0.39, 0.29) is 17.4 Å². The third kappa shape index (κ3) is 6.04. The second-order valence-corrected chi connectivity index (χ2v) is 11.5. The molecule has 2 bridgehead atoms. The fourth-order valence-electron chi connectivity index (χ4n) is 5.95. The molecular formula is C33H32ClN5O3. The Bertz CT molecular complexity index is 1680. The molecule has 0 aliphatic carbocycles. The fourth-order valence-corrected chi connectivity index (χ4v) is 6.08. The van der Waals surface area contributed by atoms with Crippen molar-refractivity contribution >= 4 is 40.6 Å². The summed E-state index contributed by atoms with van der Waals surface area (Å²) < 4.78 is 1.90. The standard InChI is InChI=1S/C33H32ClN5O3/c1-21-5-7-22(8-6-21)17-35-32(41)24-9-14-30(28(16-24)37-33(42)36-27-12-10-26(34)11-13-27)38-18-23-15-25(20-38)29-3-2-4-31(40)39(29)19-23/h2-14,16,23,25H,15,17-20H2,1H3,(H,35,41)(H2,36,37,42)/t23-,25+/m1/s1. The Morgan fingerprint density at radius 1 is 0.905 bits per heavy atom. The van der Waals surface area contributed by atoms with Gasteiger partial charge in [0.15, 0.2) is 0 Å². The average Bonchev–Trinajstić information content (AvgIpc) is 2.98. The molecule has 2 aliphatic heterocycles. The summed E-state index contributed by atoms with van der Waals surface area (Å²) in [5.41, 5.74) is 5.66. The number of nitrogens with zero attached hydrogens (tertiary/aromatic N) is 2. The molecule has 0 radical (unpaired) electrons. The van der Waals surface area contributed by atoms with Crippen LogP contribution in [-0.4, -0.2) is 29.6 Å². The minimum Gasteiger partial charge on any atom is -0.369 e. The maximum absolute atomic E-state index is 13.2. The van der Waals surface area contributed by atoms with Gasteiger partial charge < -0.3 is 25.4 Å². The average molecular weight is 582 g/mol. The first-order valence-corrected chi connectivity index (χ1v) is 14.5. The minimum absolute atomic E-state index is 0.0397. The van der Waals surface area contributed by atoms with Gasteiger partial charge in [-0.05, 0) is 73.4 Å². The van der Waals surface area contributed by atoms with Crippen LogP contribution in [0.3, 0.4) is 0 Å². The van der Waals surface area contributed by atoms with E-state index < -0.39 is 6.03 Å². The van der Waals surface area contributed by atoms with E-state index in [0.717, 1.165) is 35.5 Å². The summed E-state index contributed by atoms with van der Waals surface area (Å²) >= 11 is 5.99. The molecule has 8 nitrogen and oxygen atoms in total. The van der Waals surface area contributed by atoms with E-state index in [2.05, 4.69) is 20.9 Å². The third-order valence-corrected chi connectivity index (χ3v) is 8.26. The lowest BCUT2D eigenvalue weighted by molar-refractivity contribution is 0.0951. The number of hydrogen-bond donors (Lipinski definition) is 3. The first kappa shape index (κ1) is 27.6. The Morgan fingerprint density at radius 3 is 2.48 bits per heavy atom. The molecule has 2 aliphatic rings. The molecule has 1 fully saturated rings. The number of carbonyl (C=O) groups excluding carboxylic acids is 2. The number of benzene rings is 3. The maximum Gasteiger partial charge on any atom is 0.323 e. The molecule has 1 aromatic heterocycles. The molecule has 4 aromatic rings. The molecule has 2 atom stereocenters. The van der Waals surface area contributed by atoms with Gasteiger partial charge in [-0.2, -0.15) is 0 Å². The monoisotopic (exact) mass is 581 g/mol. The molecule has 3 aromatic carbocycles. The Kier molecular flexibility index (Phi) is 7.71. The number of rotatable bonds is 6. The van der Waals surface area contributed by atoms with Crippen LogP contribution in [0.15, 0.2) is 89.7 Å². The van der Waals surface area contributed by atoms with Gasteiger partial charge in [0.1, 0.15) is 0 Å². The minimum atomic E-state index is -0.426. The summed E-state index contributed by atoms with van der Waals surface area (Å²) in [4.78, 5) is 41.0. The first-order chi connectivity index (χ1) is 20.3. The molecule has 9 heteroatoms. The van der Waals surface area contributed by atoms with Gasteiger partial charge >= 0.3 is 6.03 Å². The molecular weight excluding hydrogens is 550 g/mol. The quantitative estimate of drug-likeness (QED) is 0.260. The van der Waals surface area contributed by atoms with E-state index in [0.29, 0.717) is 47.5 Å². The van der Waals surface area contributed by atoms with Crippen molar-refractivity contribution in [2.24, 2.45) is 5.92 Å². The smallest absolute Gasteiger partial charge is 0.323 e. The summed E-state index contributed by atoms with van der Waals surface area (Å²) in [6.07, 6.45) is 1.01. The van der Waals surface area contributed by atoms with Crippen molar-refractivity contribution in [3.8, 4) is 0 Å². The van der Waals surface area contributed by atoms with Crippen LogP contribution in [0.4, 0.5) is 21.9 Å². The van der Waals surface area contributed by atoms with Crippen LogP contribution in [-0.2, 0) is 13.1 Å². The van der Waals surface area contributed by atoms with Crippen LogP contribution < -0.4 is 26.4 Å². The summed E-state index contributed by atoms with van der Waals surface area (Å²) in [6, 6.07) is 25.3. The predicted molar refractivity (Wildman–Crippen MR) is 167 cm³/mol. The number of amides is 3. The highest BCUT2D eigenvalue weighted by Gasteiger charge is 2.35. The highest BCUT2D eigenvalue weighted by molar-refractivity contribution is 6.30. The van der Waals surface area contributed by atoms with E-state index in [1.807, 2.05) is 54.0 Å². The zero-order valence-corrected chi connectivity index (χ0v) is 24.0. The fraction of sp³-hybridized carbons (Fsp3) is 0.242. The highest BCUT2D eigenvalue weighted by atomic mass is 35.5. The number of carbonyl (C=O) groups is 2. The Morgan fingerprint density at radius 2 is 1.69 bits per heavy atom. The summed E-state index contributed by atoms with van der Waals surface area (Å²) in [5, 5.41) is 9.38. The van der Waals surface area contributed by atoms with Gasteiger partial charge in [0.25, 0.3) is 11.5 Å². The third-order valence-electron chi connectivity index (χ3n) is 8.00. The number of hydrogen-bond acceptors (Lipinski definition) is 4. The predicted octanol–water partition coefficient (Wildman–Crippen LogP) is 6.01. The second-order valence-electron chi connectivity index (χ2n) is 11.1. The number of aromatic nitrogens is 1. The number of piperidine rings is 1. The van der Waals surface area contributed by atoms with E-state index in [4.69, 9.17) is 11.6 Å². The molecule has 42 heavy (non-hydrogen) atoms. The van der Waals surface area contributed by atoms with Gasteiger partial charge in [-0.25, -0.2) is 4.79 Å². The van der Waals surface area contributed by atoms with E-state index in [1.54, 1.807) is 42.5 Å². The van der Waals surface area contributed by atoms with Crippen molar-refractivity contribution in [1.82, 2.24) is 9.88 Å². The van der Waals surface area contributed by atoms with Crippen LogP contribution >= 0.6 is 11.6 Å². The summed E-state index contributed by atoms with van der Waals surface area (Å²) in [7, 11) is 0. The highest BCUT2D eigenvalue weighted by Crippen LogP contribution is 2.39. The number of urea groups is 1. The number of halogens is 1. The zero-order valence-electron chi connectivity index (χ0n) is 23.3. The second kappa shape index (κ2) is 11.7. The normalized spacial score (nSPS) is 17.2. The Balaban J connectivity index is 1.26. The Hall–Kier alpha value is -4.56. The van der Waals surface area contributed by atoms with Gasteiger partial charge in [-0.1, -0.05) is 47.5 Å². The van der Waals surface area contributed by atoms with Crippen molar-refractivity contribution < 1.29 is 9.59 Å². The van der Waals surface area contributed by atoms with Gasteiger partial charge in [0.05, 0.1) is 11.4 Å². The van der Waals surface area contributed by atoms with Gasteiger partial charge in [-0.15, -0.1) is 0 Å². The van der Waals surface area contributed by atoms with Crippen molar-refractivity contribution in [2.75, 3.05) is 28.6 Å². The van der Waals surface area contributed by atoms with Gasteiger partial charge in [-0.3, -0.25) is 9.59 Å². The van der Waals surface area contributed by atoms with Gasteiger partial charge in [0, 0.05) is 60.1 Å². The molecule has 3 heterocycles. The number of anilines is 3. The lowest BCUT2D eigenvalue weighted by atomic mass is 9.83. The number of aryl methyl sites for hydroxylation is 1.